The highest BCUT2D eigenvalue weighted by Gasteiger charge is 2.27. The molecule has 0 bridgehead atoms. The number of carbonyl (C=O) groups excluding carboxylic acids is 1. The average molecular weight is 382 g/mol. The van der Waals surface area contributed by atoms with Crippen LogP contribution in [0.3, 0.4) is 0 Å². The van der Waals surface area contributed by atoms with Gasteiger partial charge in [0.25, 0.3) is 17.7 Å². The van der Waals surface area contributed by atoms with E-state index >= 15 is 0 Å². The van der Waals surface area contributed by atoms with Crippen molar-refractivity contribution in [3.05, 3.63) is 42.4 Å². The summed E-state index contributed by atoms with van der Waals surface area (Å²) in [5.41, 5.74) is 1.43. The third-order valence-corrected chi connectivity index (χ3v) is 4.83. The molecule has 8 heteroatoms. The van der Waals surface area contributed by atoms with Gasteiger partial charge in [-0.3, -0.25) is 4.79 Å². The Bertz CT molecular complexity index is 987. The second kappa shape index (κ2) is 7.75. The quantitative estimate of drug-likeness (QED) is 0.730. The number of aromatic nitrogens is 3. The predicted octanol–water partition coefficient (Wildman–Crippen LogP) is 2.66. The van der Waals surface area contributed by atoms with Gasteiger partial charge < -0.3 is 24.1 Å². The van der Waals surface area contributed by atoms with Crippen LogP contribution < -0.4 is 14.2 Å². The number of ether oxygens (including phenoxy) is 3. The van der Waals surface area contributed by atoms with Crippen LogP contribution in [0.2, 0.25) is 0 Å². The summed E-state index contributed by atoms with van der Waals surface area (Å²) in [6, 6.07) is 7.56. The maximum atomic E-state index is 13.0. The number of amides is 1. The summed E-state index contributed by atoms with van der Waals surface area (Å²) in [7, 11) is 3.15. The molecule has 0 aliphatic carbocycles. The normalized spacial score (nSPS) is 16.8. The van der Waals surface area contributed by atoms with E-state index in [1.165, 1.54) is 7.11 Å². The monoisotopic (exact) mass is 382 g/mol. The van der Waals surface area contributed by atoms with E-state index in [0.717, 1.165) is 29.5 Å². The molecule has 8 nitrogen and oxygen atoms in total. The minimum absolute atomic E-state index is 0.0467. The van der Waals surface area contributed by atoms with Crippen LogP contribution in [0, 0.1) is 0 Å². The third-order valence-electron chi connectivity index (χ3n) is 4.83. The zero-order chi connectivity index (χ0) is 19.5. The van der Waals surface area contributed by atoms with Crippen molar-refractivity contribution in [3.63, 3.8) is 0 Å². The van der Waals surface area contributed by atoms with E-state index in [-0.39, 0.29) is 12.0 Å². The molecule has 0 saturated carbocycles. The number of H-pyrrole nitrogens is 1. The maximum absolute atomic E-state index is 13.0. The zero-order valence-corrected chi connectivity index (χ0v) is 15.8. The number of rotatable bonds is 5. The lowest BCUT2D eigenvalue weighted by molar-refractivity contribution is 0.0515. The molecule has 1 saturated heterocycles. The maximum Gasteiger partial charge on any atom is 0.278 e. The van der Waals surface area contributed by atoms with Crippen LogP contribution >= 0.6 is 0 Å². The van der Waals surface area contributed by atoms with Crippen molar-refractivity contribution < 1.29 is 19.0 Å². The van der Waals surface area contributed by atoms with Gasteiger partial charge in [0.05, 0.1) is 20.8 Å². The lowest BCUT2D eigenvalue weighted by Gasteiger charge is -2.32. The first kappa shape index (κ1) is 18.1. The molecule has 1 aliphatic rings. The van der Waals surface area contributed by atoms with Crippen molar-refractivity contribution >= 4 is 16.8 Å². The zero-order valence-electron chi connectivity index (χ0n) is 15.8. The van der Waals surface area contributed by atoms with E-state index in [2.05, 4.69) is 15.0 Å². The van der Waals surface area contributed by atoms with E-state index in [4.69, 9.17) is 14.2 Å². The van der Waals surface area contributed by atoms with E-state index < -0.39 is 0 Å². The number of piperidine rings is 1. The summed E-state index contributed by atoms with van der Waals surface area (Å²) in [4.78, 5) is 26.3. The average Bonchev–Trinajstić information content (AvgIpc) is 3.17. The number of nitrogens with one attached hydrogen (secondary N) is 1. The number of methoxy groups -OCH3 is 2. The molecular formula is C20H22N4O4. The second-order valence-electron chi connectivity index (χ2n) is 6.64. The molecule has 1 N–H and O–H groups in total. The van der Waals surface area contributed by atoms with Crippen molar-refractivity contribution in [2.45, 2.75) is 18.9 Å². The predicted molar refractivity (Wildman–Crippen MR) is 103 cm³/mol. The number of nitrogens with zero attached hydrogens (tertiary/aromatic N) is 3. The van der Waals surface area contributed by atoms with Gasteiger partial charge in [0.2, 0.25) is 0 Å². The molecule has 0 unspecified atom stereocenters. The lowest BCUT2D eigenvalue weighted by Crippen LogP contribution is -2.44. The van der Waals surface area contributed by atoms with Crippen LogP contribution in [0.4, 0.5) is 0 Å². The van der Waals surface area contributed by atoms with Crippen LogP contribution in [-0.4, -0.2) is 59.2 Å². The van der Waals surface area contributed by atoms with Gasteiger partial charge in [-0.05, 0) is 31.0 Å². The minimum atomic E-state index is -0.159. The molecule has 146 valence electrons. The number of carbonyl (C=O) groups is 1. The number of hydrogen-bond acceptors (Lipinski definition) is 6. The van der Waals surface area contributed by atoms with Crippen molar-refractivity contribution in [2.75, 3.05) is 27.3 Å². The summed E-state index contributed by atoms with van der Waals surface area (Å²) < 4.78 is 16.4. The number of aromatic amines is 1. The summed E-state index contributed by atoms with van der Waals surface area (Å²) in [6.07, 6.45) is 4.64. The fourth-order valence-corrected chi connectivity index (χ4v) is 3.43. The molecule has 0 radical (unpaired) electrons. The summed E-state index contributed by atoms with van der Waals surface area (Å²) in [6.45, 7) is 1.17. The van der Waals surface area contributed by atoms with E-state index in [9.17, 15) is 4.79 Å². The molecule has 1 fully saturated rings. The number of fused-ring (bicyclic) bond motifs is 1. The van der Waals surface area contributed by atoms with Crippen LogP contribution in [0.25, 0.3) is 10.9 Å². The first-order valence-electron chi connectivity index (χ1n) is 9.15. The van der Waals surface area contributed by atoms with Gasteiger partial charge in [0.1, 0.15) is 17.5 Å². The van der Waals surface area contributed by atoms with Gasteiger partial charge in [-0.25, -0.2) is 9.97 Å². The Morgan fingerprint density at radius 3 is 2.75 bits per heavy atom. The summed E-state index contributed by atoms with van der Waals surface area (Å²) in [5.74, 6) is 1.39. The molecule has 4 rings (SSSR count). The van der Waals surface area contributed by atoms with Crippen molar-refractivity contribution in [1.29, 1.82) is 0 Å². The molecule has 1 aliphatic heterocycles. The summed E-state index contributed by atoms with van der Waals surface area (Å²) >= 11 is 0. The van der Waals surface area contributed by atoms with Crippen LogP contribution in [0.15, 0.2) is 36.7 Å². The molecule has 3 aromatic rings. The van der Waals surface area contributed by atoms with Crippen LogP contribution in [0.5, 0.6) is 17.5 Å². The van der Waals surface area contributed by atoms with Gasteiger partial charge in [-0.15, -0.1) is 0 Å². The molecule has 0 spiro atoms. The highest BCUT2D eigenvalue weighted by Crippen LogP contribution is 2.26. The van der Waals surface area contributed by atoms with E-state index in [1.807, 2.05) is 24.3 Å². The molecule has 1 atom stereocenters. The Balaban J connectivity index is 1.49. The molecule has 28 heavy (non-hydrogen) atoms. The van der Waals surface area contributed by atoms with Gasteiger partial charge in [0, 0.05) is 35.9 Å². The largest absolute Gasteiger partial charge is 0.497 e. The van der Waals surface area contributed by atoms with E-state index in [0.29, 0.717) is 30.5 Å². The Morgan fingerprint density at radius 1 is 1.14 bits per heavy atom. The second-order valence-corrected chi connectivity index (χ2v) is 6.64. The molecule has 3 heterocycles. The van der Waals surface area contributed by atoms with Crippen molar-refractivity contribution in [3.8, 4) is 17.5 Å². The van der Waals surface area contributed by atoms with Crippen LogP contribution in [0.1, 0.15) is 23.3 Å². The van der Waals surface area contributed by atoms with Gasteiger partial charge in [-0.2, -0.15) is 0 Å². The Labute approximate surface area is 162 Å². The van der Waals surface area contributed by atoms with Gasteiger partial charge in [0.15, 0.2) is 0 Å². The Hall–Kier alpha value is -3.29. The fraction of sp³-hybridized carbons (Fsp3) is 0.350. The lowest BCUT2D eigenvalue weighted by atomic mass is 10.1. The highest BCUT2D eigenvalue weighted by molar-refractivity contribution is 5.98. The fourth-order valence-electron chi connectivity index (χ4n) is 3.43. The Morgan fingerprint density at radius 2 is 1.96 bits per heavy atom. The summed E-state index contributed by atoms with van der Waals surface area (Å²) in [5, 5.41) is 0.971. The Kier molecular flexibility index (Phi) is 5.01. The minimum Gasteiger partial charge on any atom is -0.497 e. The smallest absolute Gasteiger partial charge is 0.278 e. The van der Waals surface area contributed by atoms with Crippen molar-refractivity contribution in [1.82, 2.24) is 19.9 Å². The van der Waals surface area contributed by atoms with Gasteiger partial charge in [-0.1, -0.05) is 0 Å². The van der Waals surface area contributed by atoms with Gasteiger partial charge >= 0.3 is 0 Å². The number of hydrogen-bond donors (Lipinski definition) is 1. The first-order valence-corrected chi connectivity index (χ1v) is 9.15. The number of likely N-dealkylation sites (tertiary alicyclic amines) is 1. The standard InChI is InChI=1S/C20H22N4O4/c1-26-14-6-5-13-10-17(23-16(13)11-14)20(25)24-9-3-4-15(12-24)28-19-18(27-2)21-7-8-22-19/h5-8,10-11,15,23H,3-4,9,12H2,1-2H3/t15-/m0/s1. The molecular weight excluding hydrogens is 360 g/mol. The van der Waals surface area contributed by atoms with Crippen LogP contribution in [-0.2, 0) is 0 Å². The molecule has 2 aromatic heterocycles. The third kappa shape index (κ3) is 3.58. The molecule has 1 aromatic carbocycles. The SMILES string of the molecule is COc1ccc2cc(C(=O)N3CCC[C@H](Oc4nccnc4OC)C3)[nH]c2c1. The number of benzene rings is 1. The highest BCUT2D eigenvalue weighted by atomic mass is 16.5. The molecule has 1 amide bonds. The first-order chi connectivity index (χ1) is 13.7. The topological polar surface area (TPSA) is 89.6 Å². The van der Waals surface area contributed by atoms with E-state index in [1.54, 1.807) is 24.4 Å². The van der Waals surface area contributed by atoms with Crippen molar-refractivity contribution in [2.24, 2.45) is 0 Å².